The first kappa shape index (κ1) is 16.9. The summed E-state index contributed by atoms with van der Waals surface area (Å²) in [5, 5.41) is 0. The van der Waals surface area contributed by atoms with Gasteiger partial charge in [-0.15, -0.1) is 0 Å². The Morgan fingerprint density at radius 3 is 2.18 bits per heavy atom. The Kier molecular flexibility index (Phi) is 6.34. The van der Waals surface area contributed by atoms with Crippen molar-refractivity contribution in [1.29, 1.82) is 0 Å². The molecule has 1 heterocycles. The minimum absolute atomic E-state index is 0.457. The van der Waals surface area contributed by atoms with Gasteiger partial charge >= 0.3 is 0 Å². The predicted octanol–water partition coefficient (Wildman–Crippen LogP) is 1.97. The van der Waals surface area contributed by atoms with Gasteiger partial charge < -0.3 is 24.0 Å². The van der Waals surface area contributed by atoms with Crippen molar-refractivity contribution in [3.63, 3.8) is 0 Å². The fraction of sp³-hybridized carbons (Fsp3) is 0.647. The summed E-state index contributed by atoms with van der Waals surface area (Å²) >= 11 is 0. The maximum atomic E-state index is 5.99. The summed E-state index contributed by atoms with van der Waals surface area (Å²) in [5.41, 5.74) is 0. The van der Waals surface area contributed by atoms with E-state index >= 15 is 0 Å². The van der Waals surface area contributed by atoms with Gasteiger partial charge in [0.1, 0.15) is 0 Å². The van der Waals surface area contributed by atoms with Gasteiger partial charge in [0.15, 0.2) is 11.5 Å². The van der Waals surface area contributed by atoms with Crippen molar-refractivity contribution in [3.05, 3.63) is 18.2 Å². The van der Waals surface area contributed by atoms with Crippen LogP contribution in [0.15, 0.2) is 18.2 Å². The van der Waals surface area contributed by atoms with E-state index < -0.39 is 0 Å². The fourth-order valence-corrected chi connectivity index (χ4v) is 2.71. The first-order chi connectivity index (χ1) is 10.6. The average Bonchev–Trinajstić information content (AvgIpc) is 2.54. The van der Waals surface area contributed by atoms with Gasteiger partial charge in [-0.2, -0.15) is 0 Å². The van der Waals surface area contributed by atoms with Gasteiger partial charge in [0.05, 0.1) is 20.8 Å². The van der Waals surface area contributed by atoms with Crippen LogP contribution in [-0.2, 0) is 0 Å². The quantitative estimate of drug-likeness (QED) is 0.769. The normalized spacial score (nSPS) is 18.0. The molecule has 0 aliphatic carbocycles. The van der Waals surface area contributed by atoms with E-state index in [1.807, 2.05) is 18.2 Å². The molecule has 0 amide bonds. The summed E-state index contributed by atoms with van der Waals surface area (Å²) in [6.07, 6.45) is 0. The average molecular weight is 308 g/mol. The highest BCUT2D eigenvalue weighted by atomic mass is 16.5. The van der Waals surface area contributed by atoms with E-state index in [0.29, 0.717) is 29.8 Å². The Labute approximate surface area is 133 Å². The number of methoxy groups -OCH3 is 2. The molecule has 1 aliphatic heterocycles. The largest absolute Gasteiger partial charge is 0.493 e. The number of nitrogens with zero attached hydrogens (tertiary/aromatic N) is 2. The maximum Gasteiger partial charge on any atom is 0.203 e. The lowest BCUT2D eigenvalue weighted by Crippen LogP contribution is -2.46. The first-order valence-electron chi connectivity index (χ1n) is 7.88. The van der Waals surface area contributed by atoms with Crippen molar-refractivity contribution in [2.24, 2.45) is 5.92 Å². The highest BCUT2D eigenvalue weighted by Gasteiger charge is 2.18. The molecule has 1 aromatic carbocycles. The Bertz CT molecular complexity index is 437. The molecule has 0 aromatic heterocycles. The third-order valence-corrected chi connectivity index (χ3v) is 4.06. The van der Waals surface area contributed by atoms with E-state index in [1.165, 1.54) is 0 Å². The molecule has 0 radical (unpaired) electrons. The second-order valence-electron chi connectivity index (χ2n) is 6.01. The number of hydrogen-bond donors (Lipinski definition) is 0. The van der Waals surface area contributed by atoms with Crippen LogP contribution in [0.4, 0.5) is 0 Å². The molecule has 1 unspecified atom stereocenters. The fourth-order valence-electron chi connectivity index (χ4n) is 2.71. The third kappa shape index (κ3) is 4.52. The SMILES string of the molecule is COc1cccc(OC)c1OCC(C)CN1CCN(C)CC1. The van der Waals surface area contributed by atoms with Crippen LogP contribution in [0, 0.1) is 5.92 Å². The zero-order chi connectivity index (χ0) is 15.9. The second kappa shape index (κ2) is 8.25. The van der Waals surface area contributed by atoms with Crippen molar-refractivity contribution in [3.8, 4) is 17.2 Å². The Morgan fingerprint density at radius 2 is 1.64 bits per heavy atom. The van der Waals surface area contributed by atoms with E-state index in [-0.39, 0.29) is 0 Å². The van der Waals surface area contributed by atoms with Crippen LogP contribution in [0.5, 0.6) is 17.2 Å². The van der Waals surface area contributed by atoms with Crippen LogP contribution in [0.25, 0.3) is 0 Å². The molecule has 1 fully saturated rings. The van der Waals surface area contributed by atoms with Gasteiger partial charge in [-0.1, -0.05) is 13.0 Å². The molecule has 1 saturated heterocycles. The molecule has 5 heteroatoms. The van der Waals surface area contributed by atoms with E-state index in [0.717, 1.165) is 32.7 Å². The van der Waals surface area contributed by atoms with Crippen molar-refractivity contribution in [2.45, 2.75) is 6.92 Å². The van der Waals surface area contributed by atoms with Gasteiger partial charge in [0.2, 0.25) is 5.75 Å². The molecule has 1 aromatic rings. The van der Waals surface area contributed by atoms with E-state index in [1.54, 1.807) is 14.2 Å². The number of likely N-dealkylation sites (N-methyl/N-ethyl adjacent to an activating group) is 1. The van der Waals surface area contributed by atoms with Crippen LogP contribution >= 0.6 is 0 Å². The lowest BCUT2D eigenvalue weighted by molar-refractivity contribution is 0.122. The summed E-state index contributed by atoms with van der Waals surface area (Å²) in [4.78, 5) is 4.88. The number of piperazine rings is 1. The van der Waals surface area contributed by atoms with Gasteiger partial charge in [-0.3, -0.25) is 0 Å². The zero-order valence-corrected chi connectivity index (χ0v) is 14.2. The highest BCUT2D eigenvalue weighted by Crippen LogP contribution is 2.36. The molecule has 0 bridgehead atoms. The number of benzene rings is 1. The minimum atomic E-state index is 0.457. The smallest absolute Gasteiger partial charge is 0.203 e. The second-order valence-corrected chi connectivity index (χ2v) is 6.01. The number of rotatable bonds is 7. The molecular weight excluding hydrogens is 280 g/mol. The number of hydrogen-bond acceptors (Lipinski definition) is 5. The topological polar surface area (TPSA) is 34.2 Å². The summed E-state index contributed by atoms with van der Waals surface area (Å²) in [7, 11) is 5.47. The van der Waals surface area contributed by atoms with Gasteiger partial charge in [0, 0.05) is 38.6 Å². The molecule has 1 aliphatic rings. The summed E-state index contributed by atoms with van der Waals surface area (Å²) in [6.45, 7) is 8.51. The Hall–Kier alpha value is -1.46. The van der Waals surface area contributed by atoms with Gasteiger partial charge in [0.25, 0.3) is 0 Å². The summed E-state index contributed by atoms with van der Waals surface area (Å²) < 4.78 is 16.7. The van der Waals surface area contributed by atoms with E-state index in [4.69, 9.17) is 14.2 Å². The standard InChI is InChI=1S/C17H28N2O3/c1-14(12-19-10-8-18(2)9-11-19)13-22-17-15(20-3)6-5-7-16(17)21-4/h5-7,14H,8-13H2,1-4H3. The van der Waals surface area contributed by atoms with Gasteiger partial charge in [-0.05, 0) is 19.2 Å². The van der Waals surface area contributed by atoms with Crippen molar-refractivity contribution in [2.75, 3.05) is 60.6 Å². The number of ether oxygens (including phenoxy) is 3. The Morgan fingerprint density at radius 1 is 1.05 bits per heavy atom. The lowest BCUT2D eigenvalue weighted by atomic mass is 10.1. The molecule has 0 N–H and O–H groups in total. The molecule has 1 atom stereocenters. The summed E-state index contributed by atoms with van der Waals surface area (Å²) in [6, 6.07) is 5.68. The first-order valence-corrected chi connectivity index (χ1v) is 7.88. The Balaban J connectivity index is 1.87. The highest BCUT2D eigenvalue weighted by molar-refractivity contribution is 5.51. The molecule has 5 nitrogen and oxygen atoms in total. The molecule has 0 saturated carbocycles. The lowest BCUT2D eigenvalue weighted by Gasteiger charge is -2.33. The van der Waals surface area contributed by atoms with E-state index in [9.17, 15) is 0 Å². The van der Waals surface area contributed by atoms with Crippen LogP contribution in [-0.4, -0.2) is 70.4 Å². The maximum absolute atomic E-state index is 5.99. The minimum Gasteiger partial charge on any atom is -0.493 e. The van der Waals surface area contributed by atoms with Crippen LogP contribution in [0.2, 0.25) is 0 Å². The third-order valence-electron chi connectivity index (χ3n) is 4.06. The molecular formula is C17H28N2O3. The predicted molar refractivity (Wildman–Crippen MR) is 88.1 cm³/mol. The molecule has 0 spiro atoms. The van der Waals surface area contributed by atoms with Crippen LogP contribution < -0.4 is 14.2 Å². The van der Waals surface area contributed by atoms with Crippen molar-refractivity contribution < 1.29 is 14.2 Å². The molecule has 22 heavy (non-hydrogen) atoms. The molecule has 124 valence electrons. The monoisotopic (exact) mass is 308 g/mol. The molecule has 2 rings (SSSR count). The van der Waals surface area contributed by atoms with E-state index in [2.05, 4.69) is 23.8 Å². The van der Waals surface area contributed by atoms with Crippen LogP contribution in [0.1, 0.15) is 6.92 Å². The van der Waals surface area contributed by atoms with Crippen molar-refractivity contribution >= 4 is 0 Å². The van der Waals surface area contributed by atoms with Crippen molar-refractivity contribution in [1.82, 2.24) is 9.80 Å². The van der Waals surface area contributed by atoms with Gasteiger partial charge in [-0.25, -0.2) is 0 Å². The van der Waals surface area contributed by atoms with Crippen LogP contribution in [0.3, 0.4) is 0 Å². The summed E-state index contributed by atoms with van der Waals surface area (Å²) in [5.74, 6) is 2.58. The zero-order valence-electron chi connectivity index (χ0n) is 14.2. The number of para-hydroxylation sites is 1.